The number of rotatable bonds is 0. The van der Waals surface area contributed by atoms with Gasteiger partial charge in [-0.1, -0.05) is 25.3 Å². The quantitative estimate of drug-likeness (QED) is 0.510. The van der Waals surface area contributed by atoms with Gasteiger partial charge in [-0.2, -0.15) is 0 Å². The molecule has 1 saturated carbocycles. The fraction of sp³-hybridized carbons (Fsp3) is 0.333. The fourth-order valence-corrected chi connectivity index (χ4v) is 5.73. The molecule has 1 aromatic heterocycles. The van der Waals surface area contributed by atoms with Gasteiger partial charge in [-0.15, -0.1) is 0 Å². The number of ether oxygens (including phenoxy) is 1. The van der Waals surface area contributed by atoms with Crippen LogP contribution in [0.25, 0.3) is 10.8 Å². The van der Waals surface area contributed by atoms with Gasteiger partial charge in [0.1, 0.15) is 17.3 Å². The summed E-state index contributed by atoms with van der Waals surface area (Å²) in [4.78, 5) is 11.3. The maximum absolute atomic E-state index is 14.2. The first-order valence-corrected chi connectivity index (χ1v) is 10.3. The van der Waals surface area contributed by atoms with Crippen molar-refractivity contribution in [3.05, 3.63) is 60.2 Å². The number of benzene rings is 2. The number of fused-ring (bicyclic) bond motifs is 6. The summed E-state index contributed by atoms with van der Waals surface area (Å²) in [5.74, 6) is 0.557. The highest BCUT2D eigenvalue weighted by atomic mass is 19.1. The highest BCUT2D eigenvalue weighted by Crippen LogP contribution is 2.59. The van der Waals surface area contributed by atoms with Gasteiger partial charge in [-0.3, -0.25) is 9.98 Å². The Morgan fingerprint density at radius 2 is 1.93 bits per heavy atom. The summed E-state index contributed by atoms with van der Waals surface area (Å²) in [5, 5.41) is 2.07. The van der Waals surface area contributed by atoms with E-state index >= 15 is 0 Å². The van der Waals surface area contributed by atoms with E-state index in [0.29, 0.717) is 0 Å². The minimum atomic E-state index is -0.739. The predicted molar refractivity (Wildman–Crippen MR) is 113 cm³/mol. The summed E-state index contributed by atoms with van der Waals surface area (Å²) in [6, 6.07) is 11.2. The van der Waals surface area contributed by atoms with E-state index < -0.39 is 5.72 Å². The molecular weight excluding hydrogens is 365 g/mol. The maximum atomic E-state index is 14.2. The molecule has 2 spiro atoms. The second-order valence-corrected chi connectivity index (χ2v) is 8.43. The molecule has 0 N–H and O–H groups in total. The Morgan fingerprint density at radius 3 is 2.79 bits per heavy atom. The third-order valence-electron chi connectivity index (χ3n) is 7.12. The van der Waals surface area contributed by atoms with Crippen LogP contribution in [0.3, 0.4) is 0 Å². The van der Waals surface area contributed by atoms with Crippen LogP contribution >= 0.6 is 0 Å². The second kappa shape index (κ2) is 5.78. The average molecular weight is 387 g/mol. The number of halogens is 1. The van der Waals surface area contributed by atoms with Gasteiger partial charge in [0.15, 0.2) is 0 Å². The molecule has 146 valence electrons. The smallest absolute Gasteiger partial charge is 0.229 e. The molecule has 1 fully saturated rings. The lowest BCUT2D eigenvalue weighted by Gasteiger charge is -2.49. The Bertz CT molecular complexity index is 1170. The van der Waals surface area contributed by atoms with Crippen LogP contribution in [-0.4, -0.2) is 24.0 Å². The van der Waals surface area contributed by atoms with Gasteiger partial charge < -0.3 is 9.64 Å². The first-order chi connectivity index (χ1) is 14.1. The Hall–Kier alpha value is -2.95. The molecular formula is C24H22FN3O. The molecule has 4 nitrogen and oxygen atoms in total. The van der Waals surface area contributed by atoms with Crippen LogP contribution in [-0.2, 0) is 5.41 Å². The Kier molecular flexibility index (Phi) is 3.38. The van der Waals surface area contributed by atoms with Gasteiger partial charge in [0.2, 0.25) is 5.72 Å². The van der Waals surface area contributed by atoms with Crippen molar-refractivity contribution in [3.8, 4) is 5.75 Å². The summed E-state index contributed by atoms with van der Waals surface area (Å²) in [5.41, 5.74) is 1.97. The van der Waals surface area contributed by atoms with Gasteiger partial charge in [0.05, 0.1) is 11.6 Å². The number of aromatic nitrogens is 1. The number of likely N-dealkylation sites (N-methyl/N-ethyl adjacent to an activating group) is 1. The Morgan fingerprint density at radius 1 is 1.07 bits per heavy atom. The molecule has 3 aliphatic rings. The minimum Gasteiger partial charge on any atom is -0.459 e. The molecule has 1 aliphatic carbocycles. The van der Waals surface area contributed by atoms with Gasteiger partial charge >= 0.3 is 0 Å². The van der Waals surface area contributed by atoms with Gasteiger partial charge in [-0.05, 0) is 48.7 Å². The zero-order chi connectivity index (χ0) is 19.6. The van der Waals surface area contributed by atoms with Crippen molar-refractivity contribution in [2.75, 3.05) is 11.9 Å². The zero-order valence-electron chi connectivity index (χ0n) is 16.4. The molecule has 0 saturated heterocycles. The van der Waals surface area contributed by atoms with Gasteiger partial charge in [0.25, 0.3) is 0 Å². The first-order valence-electron chi connectivity index (χ1n) is 10.3. The lowest BCUT2D eigenvalue weighted by atomic mass is 9.64. The van der Waals surface area contributed by atoms with Crippen molar-refractivity contribution in [2.24, 2.45) is 4.99 Å². The predicted octanol–water partition coefficient (Wildman–Crippen LogP) is 5.52. The zero-order valence-corrected chi connectivity index (χ0v) is 16.4. The van der Waals surface area contributed by atoms with Crippen LogP contribution in [0.2, 0.25) is 0 Å². The molecule has 29 heavy (non-hydrogen) atoms. The van der Waals surface area contributed by atoms with E-state index in [9.17, 15) is 4.39 Å². The van der Waals surface area contributed by atoms with Crippen molar-refractivity contribution in [1.29, 1.82) is 0 Å². The lowest BCUT2D eigenvalue weighted by molar-refractivity contribution is 0.0400. The molecule has 2 aliphatic heterocycles. The monoisotopic (exact) mass is 387 g/mol. The van der Waals surface area contributed by atoms with Gasteiger partial charge in [-0.25, -0.2) is 4.39 Å². The topological polar surface area (TPSA) is 37.7 Å². The van der Waals surface area contributed by atoms with Crippen molar-refractivity contribution in [1.82, 2.24) is 4.98 Å². The average Bonchev–Trinajstić information content (AvgIpc) is 2.94. The number of hydrogen-bond acceptors (Lipinski definition) is 4. The van der Waals surface area contributed by atoms with E-state index in [0.717, 1.165) is 53.6 Å². The molecule has 0 bridgehead atoms. The molecule has 0 radical (unpaired) electrons. The standard InChI is InChI=1S/C24H22FN3O/c1-28-20-13-17(25)6-7-19(20)23(10-3-2-4-11-23)24(28)15-27-22-18-9-12-26-14-16(18)5-8-21(22)29-24/h5-9,12-15H,2-4,10-11H2,1H3. The number of hydrogen-bond donors (Lipinski definition) is 0. The second-order valence-electron chi connectivity index (χ2n) is 8.43. The molecule has 1 atom stereocenters. The molecule has 6 rings (SSSR count). The fourth-order valence-electron chi connectivity index (χ4n) is 5.73. The van der Waals surface area contributed by atoms with E-state index in [1.54, 1.807) is 18.3 Å². The summed E-state index contributed by atoms with van der Waals surface area (Å²) in [7, 11) is 2.00. The van der Waals surface area contributed by atoms with Crippen molar-refractivity contribution in [3.63, 3.8) is 0 Å². The molecule has 0 amide bonds. The largest absolute Gasteiger partial charge is 0.459 e. The van der Waals surface area contributed by atoms with E-state index in [1.165, 1.54) is 12.0 Å². The molecule has 1 unspecified atom stereocenters. The van der Waals surface area contributed by atoms with E-state index in [2.05, 4.69) is 9.88 Å². The van der Waals surface area contributed by atoms with Crippen LogP contribution in [0.1, 0.15) is 37.7 Å². The highest BCUT2D eigenvalue weighted by Gasteiger charge is 2.63. The molecule has 3 aromatic rings. The third-order valence-corrected chi connectivity index (χ3v) is 7.12. The summed E-state index contributed by atoms with van der Waals surface area (Å²) < 4.78 is 21.0. The SMILES string of the molecule is CN1c2cc(F)ccc2C2(CCCCC2)C12C=Nc1c(ccc3cnccc13)O2. The van der Waals surface area contributed by atoms with Crippen molar-refractivity contribution < 1.29 is 9.13 Å². The number of nitrogens with zero attached hydrogens (tertiary/aromatic N) is 3. The van der Waals surface area contributed by atoms with Gasteiger partial charge in [0, 0.05) is 35.9 Å². The number of pyridine rings is 1. The third kappa shape index (κ3) is 2.08. The van der Waals surface area contributed by atoms with Crippen molar-refractivity contribution >= 4 is 28.4 Å². The van der Waals surface area contributed by atoms with E-state index in [1.807, 2.05) is 43.7 Å². The lowest BCUT2D eigenvalue weighted by Crippen LogP contribution is -2.63. The van der Waals surface area contributed by atoms with Crippen LogP contribution in [0.4, 0.5) is 15.8 Å². The highest BCUT2D eigenvalue weighted by molar-refractivity contribution is 5.99. The minimum absolute atomic E-state index is 0.217. The van der Waals surface area contributed by atoms with Crippen molar-refractivity contribution in [2.45, 2.75) is 43.2 Å². The van der Waals surface area contributed by atoms with E-state index in [-0.39, 0.29) is 11.2 Å². The summed E-state index contributed by atoms with van der Waals surface area (Å²) >= 11 is 0. The molecule has 3 heterocycles. The van der Waals surface area contributed by atoms with Crippen LogP contribution < -0.4 is 9.64 Å². The normalized spacial score (nSPS) is 24.0. The Labute approximate surface area is 169 Å². The number of anilines is 1. The van der Waals surface area contributed by atoms with Crippen LogP contribution in [0, 0.1) is 5.82 Å². The number of aliphatic imine (C=N–C) groups is 1. The summed E-state index contributed by atoms with van der Waals surface area (Å²) in [6.45, 7) is 0. The maximum Gasteiger partial charge on any atom is 0.229 e. The molecule has 5 heteroatoms. The van der Waals surface area contributed by atoms with Crippen LogP contribution in [0.5, 0.6) is 5.75 Å². The Balaban J connectivity index is 1.58. The first kappa shape index (κ1) is 17.0. The summed E-state index contributed by atoms with van der Waals surface area (Å²) in [6.07, 6.45) is 11.1. The van der Waals surface area contributed by atoms with E-state index in [4.69, 9.17) is 9.73 Å². The van der Waals surface area contributed by atoms with Crippen LogP contribution in [0.15, 0.2) is 53.8 Å². The molecule has 2 aromatic carbocycles.